The summed E-state index contributed by atoms with van der Waals surface area (Å²) in [6.07, 6.45) is 4.78. The van der Waals surface area contributed by atoms with Crippen LogP contribution in [0.15, 0.2) is 42.6 Å². The summed E-state index contributed by atoms with van der Waals surface area (Å²) in [6, 6.07) is 9.86. The Morgan fingerprint density at radius 1 is 1.23 bits per heavy atom. The summed E-state index contributed by atoms with van der Waals surface area (Å²) in [5.41, 5.74) is 0.787. The quantitative estimate of drug-likeness (QED) is 0.833. The fraction of sp³-hybridized carbons (Fsp3) is 0.400. The first kappa shape index (κ1) is 18.3. The number of hydrogen-bond donors (Lipinski definition) is 2. The number of benzene rings is 1. The van der Waals surface area contributed by atoms with Crippen LogP contribution in [-0.2, 0) is 0 Å². The van der Waals surface area contributed by atoms with E-state index in [9.17, 15) is 9.18 Å². The van der Waals surface area contributed by atoms with E-state index in [4.69, 9.17) is 0 Å². The molecule has 26 heavy (non-hydrogen) atoms. The fourth-order valence-electron chi connectivity index (χ4n) is 3.31. The summed E-state index contributed by atoms with van der Waals surface area (Å²) in [6.45, 7) is 2.51. The number of anilines is 2. The molecule has 0 spiro atoms. The summed E-state index contributed by atoms with van der Waals surface area (Å²) < 4.78 is 13.9. The zero-order valence-electron chi connectivity index (χ0n) is 15.0. The molecule has 6 heteroatoms. The monoisotopic (exact) mass is 356 g/mol. The molecule has 2 heterocycles. The number of likely N-dealkylation sites (tertiary alicyclic amines) is 1. The molecule has 0 radical (unpaired) electrons. The average Bonchev–Trinajstić information content (AvgIpc) is 2.68. The number of nitrogens with zero attached hydrogens (tertiary/aromatic N) is 2. The van der Waals surface area contributed by atoms with Gasteiger partial charge in [0.05, 0.1) is 11.3 Å². The molecule has 1 saturated heterocycles. The van der Waals surface area contributed by atoms with Crippen LogP contribution in [0.25, 0.3) is 0 Å². The Morgan fingerprint density at radius 3 is 2.73 bits per heavy atom. The molecule has 2 aromatic rings. The number of para-hydroxylation sites is 1. The Labute approximate surface area is 153 Å². The SMILES string of the molecule is CNCCC1CCN(C(=O)c2cccnc2Nc2ccccc2F)CC1. The van der Waals surface area contributed by atoms with E-state index in [1.54, 1.807) is 36.5 Å². The van der Waals surface area contributed by atoms with Crippen LogP contribution in [0.4, 0.5) is 15.9 Å². The maximum Gasteiger partial charge on any atom is 0.257 e. The molecule has 1 aliphatic heterocycles. The maximum absolute atomic E-state index is 13.9. The fourth-order valence-corrected chi connectivity index (χ4v) is 3.31. The van der Waals surface area contributed by atoms with Crippen molar-refractivity contribution in [2.24, 2.45) is 5.92 Å². The summed E-state index contributed by atoms with van der Waals surface area (Å²) in [5.74, 6) is 0.627. The third-order valence-corrected chi connectivity index (χ3v) is 4.87. The van der Waals surface area contributed by atoms with Crippen LogP contribution in [0.2, 0.25) is 0 Å². The van der Waals surface area contributed by atoms with Gasteiger partial charge in [-0.15, -0.1) is 0 Å². The third-order valence-electron chi connectivity index (χ3n) is 4.87. The van der Waals surface area contributed by atoms with Crippen LogP contribution in [-0.4, -0.2) is 42.5 Å². The molecule has 1 amide bonds. The highest BCUT2D eigenvalue weighted by Gasteiger charge is 2.25. The van der Waals surface area contributed by atoms with Crippen molar-refractivity contribution in [1.82, 2.24) is 15.2 Å². The number of piperidine rings is 1. The second kappa shape index (κ2) is 8.76. The van der Waals surface area contributed by atoms with Gasteiger partial charge in [0.15, 0.2) is 0 Å². The molecule has 1 fully saturated rings. The summed E-state index contributed by atoms with van der Waals surface area (Å²) in [7, 11) is 1.96. The Morgan fingerprint density at radius 2 is 2.00 bits per heavy atom. The number of hydrogen-bond acceptors (Lipinski definition) is 4. The van der Waals surface area contributed by atoms with Crippen molar-refractivity contribution >= 4 is 17.4 Å². The van der Waals surface area contributed by atoms with Gasteiger partial charge in [0.2, 0.25) is 0 Å². The van der Waals surface area contributed by atoms with E-state index in [0.29, 0.717) is 23.0 Å². The smallest absolute Gasteiger partial charge is 0.257 e. The van der Waals surface area contributed by atoms with Gasteiger partial charge in [0.25, 0.3) is 5.91 Å². The van der Waals surface area contributed by atoms with Gasteiger partial charge in [0, 0.05) is 19.3 Å². The van der Waals surface area contributed by atoms with Gasteiger partial charge >= 0.3 is 0 Å². The minimum atomic E-state index is -0.373. The lowest BCUT2D eigenvalue weighted by Crippen LogP contribution is -2.39. The number of aromatic nitrogens is 1. The van der Waals surface area contributed by atoms with Crippen molar-refractivity contribution < 1.29 is 9.18 Å². The molecule has 1 aliphatic rings. The molecule has 3 rings (SSSR count). The molecule has 2 N–H and O–H groups in total. The largest absolute Gasteiger partial charge is 0.339 e. The zero-order valence-corrected chi connectivity index (χ0v) is 15.0. The maximum atomic E-state index is 13.9. The van der Waals surface area contributed by atoms with Crippen LogP contribution in [0.5, 0.6) is 0 Å². The molecule has 5 nitrogen and oxygen atoms in total. The number of carbonyl (C=O) groups is 1. The number of carbonyl (C=O) groups excluding carboxylic acids is 1. The molecule has 1 aromatic carbocycles. The van der Waals surface area contributed by atoms with Crippen molar-refractivity contribution in [3.05, 3.63) is 54.0 Å². The predicted molar refractivity (Wildman–Crippen MR) is 101 cm³/mol. The number of amides is 1. The third kappa shape index (κ3) is 4.38. The summed E-state index contributed by atoms with van der Waals surface area (Å²) in [5, 5.41) is 6.14. The molecule has 0 bridgehead atoms. The van der Waals surface area contributed by atoms with Crippen molar-refractivity contribution in [2.75, 3.05) is 32.0 Å². The molecule has 138 valence electrons. The van der Waals surface area contributed by atoms with Crippen LogP contribution in [0.1, 0.15) is 29.6 Å². The lowest BCUT2D eigenvalue weighted by Gasteiger charge is -2.32. The molecule has 0 aliphatic carbocycles. The molecule has 0 saturated carbocycles. The highest BCUT2D eigenvalue weighted by molar-refractivity contribution is 5.99. The Hall–Kier alpha value is -2.47. The van der Waals surface area contributed by atoms with Gasteiger partial charge in [-0.1, -0.05) is 12.1 Å². The van der Waals surface area contributed by atoms with Crippen LogP contribution in [0.3, 0.4) is 0 Å². The van der Waals surface area contributed by atoms with Gasteiger partial charge in [-0.05, 0) is 63.0 Å². The lowest BCUT2D eigenvalue weighted by molar-refractivity contribution is 0.0688. The van der Waals surface area contributed by atoms with E-state index in [2.05, 4.69) is 15.6 Å². The Bertz CT molecular complexity index is 744. The average molecular weight is 356 g/mol. The van der Waals surface area contributed by atoms with Crippen LogP contribution in [0, 0.1) is 11.7 Å². The van der Waals surface area contributed by atoms with Crippen molar-refractivity contribution in [1.29, 1.82) is 0 Å². The normalized spacial score (nSPS) is 15.1. The lowest BCUT2D eigenvalue weighted by atomic mass is 9.93. The van der Waals surface area contributed by atoms with Gasteiger partial charge in [0.1, 0.15) is 11.6 Å². The highest BCUT2D eigenvalue weighted by atomic mass is 19.1. The molecule has 1 aromatic heterocycles. The number of pyridine rings is 1. The Kier molecular flexibility index (Phi) is 6.17. The van der Waals surface area contributed by atoms with E-state index in [0.717, 1.165) is 38.9 Å². The molecular formula is C20H25FN4O. The van der Waals surface area contributed by atoms with E-state index in [1.165, 1.54) is 6.07 Å². The molecular weight excluding hydrogens is 331 g/mol. The van der Waals surface area contributed by atoms with Crippen LogP contribution < -0.4 is 10.6 Å². The minimum Gasteiger partial charge on any atom is -0.339 e. The number of rotatable bonds is 6. The van der Waals surface area contributed by atoms with Gasteiger partial charge in [-0.25, -0.2) is 9.37 Å². The first-order valence-corrected chi connectivity index (χ1v) is 9.09. The second-order valence-corrected chi connectivity index (χ2v) is 6.63. The molecule has 0 unspecified atom stereocenters. The predicted octanol–water partition coefficient (Wildman–Crippen LogP) is 3.43. The van der Waals surface area contributed by atoms with E-state index in [-0.39, 0.29) is 11.7 Å². The minimum absolute atomic E-state index is 0.0518. The standard InChI is InChI=1S/C20H25FN4O/c1-22-12-8-15-9-13-25(14-10-15)20(26)16-5-4-11-23-19(16)24-18-7-3-2-6-17(18)21/h2-7,11,15,22H,8-10,12-14H2,1H3,(H,23,24). The first-order chi connectivity index (χ1) is 12.7. The zero-order chi connectivity index (χ0) is 18.4. The van der Waals surface area contributed by atoms with E-state index < -0.39 is 0 Å². The Balaban J connectivity index is 1.70. The van der Waals surface area contributed by atoms with E-state index in [1.807, 2.05) is 11.9 Å². The number of halogens is 1. The topological polar surface area (TPSA) is 57.3 Å². The van der Waals surface area contributed by atoms with Gasteiger partial charge in [-0.3, -0.25) is 4.79 Å². The van der Waals surface area contributed by atoms with Crippen molar-refractivity contribution in [3.8, 4) is 0 Å². The first-order valence-electron chi connectivity index (χ1n) is 9.09. The van der Waals surface area contributed by atoms with Gasteiger partial charge in [-0.2, -0.15) is 0 Å². The van der Waals surface area contributed by atoms with Crippen molar-refractivity contribution in [2.45, 2.75) is 19.3 Å². The molecule has 0 atom stereocenters. The van der Waals surface area contributed by atoms with Crippen molar-refractivity contribution in [3.63, 3.8) is 0 Å². The van der Waals surface area contributed by atoms with E-state index >= 15 is 0 Å². The second-order valence-electron chi connectivity index (χ2n) is 6.63. The van der Waals surface area contributed by atoms with Crippen LogP contribution >= 0.6 is 0 Å². The highest BCUT2D eigenvalue weighted by Crippen LogP contribution is 2.25. The summed E-state index contributed by atoms with van der Waals surface area (Å²) in [4.78, 5) is 19.1. The van der Waals surface area contributed by atoms with Gasteiger partial charge < -0.3 is 15.5 Å². The number of nitrogens with one attached hydrogen (secondary N) is 2. The summed E-state index contributed by atoms with van der Waals surface area (Å²) >= 11 is 0.